The van der Waals surface area contributed by atoms with Crippen molar-refractivity contribution >= 4 is 41.5 Å². The van der Waals surface area contributed by atoms with Crippen LogP contribution in [0.3, 0.4) is 0 Å². The van der Waals surface area contributed by atoms with E-state index in [0.29, 0.717) is 48.8 Å². The van der Waals surface area contributed by atoms with E-state index in [4.69, 9.17) is 26.8 Å². The van der Waals surface area contributed by atoms with Crippen LogP contribution in [0.5, 0.6) is 11.5 Å². The van der Waals surface area contributed by atoms with Crippen molar-refractivity contribution in [2.24, 2.45) is 10.7 Å². The normalized spacial score (nSPS) is 13.3. The van der Waals surface area contributed by atoms with Gasteiger partial charge in [-0.1, -0.05) is 23.8 Å². The third kappa shape index (κ3) is 5.28. The Balaban J connectivity index is 0.00000220. The molecular formula is C14H19ClIN3O2. The molecule has 1 aromatic rings. The molecule has 116 valence electrons. The molecule has 3 N–H and O–H groups in total. The van der Waals surface area contributed by atoms with E-state index in [-0.39, 0.29) is 24.0 Å². The molecule has 0 saturated carbocycles. The van der Waals surface area contributed by atoms with Gasteiger partial charge in [0.1, 0.15) is 13.2 Å². The van der Waals surface area contributed by atoms with Crippen LogP contribution < -0.4 is 20.5 Å². The van der Waals surface area contributed by atoms with Gasteiger partial charge in [-0.25, -0.2) is 4.99 Å². The number of fused-ring (bicyclic) bond motifs is 1. The van der Waals surface area contributed by atoms with Crippen LogP contribution in [0.2, 0.25) is 5.02 Å². The SMILES string of the molecule is C=C(C)CNC(N)=NCc1cc(Cl)c2c(c1)OCCO2.I. The molecule has 0 aromatic heterocycles. The second-order valence-corrected chi connectivity index (χ2v) is 5.02. The van der Waals surface area contributed by atoms with Crippen molar-refractivity contribution in [2.45, 2.75) is 13.5 Å². The van der Waals surface area contributed by atoms with Crippen LogP contribution in [-0.2, 0) is 6.54 Å². The maximum atomic E-state index is 6.15. The predicted octanol–water partition coefficient (Wildman–Crippen LogP) is 2.71. The van der Waals surface area contributed by atoms with Crippen molar-refractivity contribution in [3.8, 4) is 11.5 Å². The van der Waals surface area contributed by atoms with Crippen molar-refractivity contribution in [1.82, 2.24) is 5.32 Å². The lowest BCUT2D eigenvalue weighted by atomic mass is 10.2. The Morgan fingerprint density at radius 2 is 2.14 bits per heavy atom. The highest BCUT2D eigenvalue weighted by atomic mass is 127. The fraction of sp³-hybridized carbons (Fsp3) is 0.357. The van der Waals surface area contributed by atoms with E-state index >= 15 is 0 Å². The molecule has 0 fully saturated rings. The minimum atomic E-state index is 0. The Hall–Kier alpha value is -1.15. The Bertz CT molecular complexity index is 549. The summed E-state index contributed by atoms with van der Waals surface area (Å²) in [6.07, 6.45) is 0. The zero-order valence-electron chi connectivity index (χ0n) is 11.8. The summed E-state index contributed by atoms with van der Waals surface area (Å²) in [4.78, 5) is 4.24. The molecule has 0 aliphatic carbocycles. The summed E-state index contributed by atoms with van der Waals surface area (Å²) < 4.78 is 11.0. The first-order chi connectivity index (χ1) is 9.56. The maximum absolute atomic E-state index is 6.15. The van der Waals surface area contributed by atoms with Gasteiger partial charge in [-0.2, -0.15) is 0 Å². The Morgan fingerprint density at radius 1 is 1.43 bits per heavy atom. The summed E-state index contributed by atoms with van der Waals surface area (Å²) in [6.45, 7) is 7.77. The lowest BCUT2D eigenvalue weighted by Crippen LogP contribution is -2.32. The number of nitrogens with zero attached hydrogens (tertiary/aromatic N) is 1. The van der Waals surface area contributed by atoms with E-state index in [1.807, 2.05) is 19.1 Å². The Kier molecular flexibility index (Phi) is 7.10. The Labute approximate surface area is 146 Å². The number of ether oxygens (including phenoxy) is 2. The first kappa shape index (κ1) is 17.9. The minimum absolute atomic E-state index is 0. The summed E-state index contributed by atoms with van der Waals surface area (Å²) in [7, 11) is 0. The first-order valence-corrected chi connectivity index (χ1v) is 6.70. The average Bonchev–Trinajstić information content (AvgIpc) is 2.43. The molecule has 0 unspecified atom stereocenters. The third-order valence-corrected chi connectivity index (χ3v) is 2.94. The monoisotopic (exact) mass is 423 g/mol. The van der Waals surface area contributed by atoms with Gasteiger partial charge in [0.2, 0.25) is 0 Å². The van der Waals surface area contributed by atoms with Crippen LogP contribution in [-0.4, -0.2) is 25.7 Å². The lowest BCUT2D eigenvalue weighted by molar-refractivity contribution is 0.171. The molecule has 0 amide bonds. The number of hydrogen-bond donors (Lipinski definition) is 2. The summed E-state index contributed by atoms with van der Waals surface area (Å²) >= 11 is 6.15. The van der Waals surface area contributed by atoms with Crippen LogP contribution >= 0.6 is 35.6 Å². The number of nitrogens with two attached hydrogens (primary N) is 1. The molecule has 0 radical (unpaired) electrons. The molecule has 21 heavy (non-hydrogen) atoms. The van der Waals surface area contributed by atoms with Crippen LogP contribution in [0.25, 0.3) is 0 Å². The number of benzene rings is 1. The van der Waals surface area contributed by atoms with Crippen LogP contribution in [0, 0.1) is 0 Å². The summed E-state index contributed by atoms with van der Waals surface area (Å²) in [5.74, 6) is 1.63. The van der Waals surface area contributed by atoms with Crippen molar-refractivity contribution in [3.05, 3.63) is 34.9 Å². The van der Waals surface area contributed by atoms with Crippen LogP contribution in [0.4, 0.5) is 0 Å². The minimum Gasteiger partial charge on any atom is -0.486 e. The molecule has 1 heterocycles. The number of guanidine groups is 1. The zero-order chi connectivity index (χ0) is 14.5. The van der Waals surface area contributed by atoms with Crippen molar-refractivity contribution in [3.63, 3.8) is 0 Å². The second kappa shape index (κ2) is 8.33. The van der Waals surface area contributed by atoms with Gasteiger partial charge in [0.25, 0.3) is 0 Å². The molecule has 0 atom stereocenters. The molecule has 0 spiro atoms. The molecule has 2 rings (SSSR count). The highest BCUT2D eigenvalue weighted by Gasteiger charge is 2.16. The van der Waals surface area contributed by atoms with Gasteiger partial charge in [-0.15, -0.1) is 24.0 Å². The van der Waals surface area contributed by atoms with Crippen LogP contribution in [0.15, 0.2) is 29.3 Å². The molecule has 0 saturated heterocycles. The first-order valence-electron chi connectivity index (χ1n) is 6.32. The van der Waals surface area contributed by atoms with Gasteiger partial charge in [0.15, 0.2) is 17.5 Å². The summed E-state index contributed by atoms with van der Waals surface area (Å²) in [6, 6.07) is 3.68. The topological polar surface area (TPSA) is 68.9 Å². The lowest BCUT2D eigenvalue weighted by Gasteiger charge is -2.20. The maximum Gasteiger partial charge on any atom is 0.189 e. The van der Waals surface area contributed by atoms with E-state index in [9.17, 15) is 0 Å². The van der Waals surface area contributed by atoms with Crippen molar-refractivity contribution in [1.29, 1.82) is 0 Å². The summed E-state index contributed by atoms with van der Waals surface area (Å²) in [5, 5.41) is 3.50. The fourth-order valence-corrected chi connectivity index (χ4v) is 2.02. The van der Waals surface area contributed by atoms with E-state index in [1.165, 1.54) is 0 Å². The Morgan fingerprint density at radius 3 is 2.86 bits per heavy atom. The van der Waals surface area contributed by atoms with Gasteiger partial charge < -0.3 is 20.5 Å². The standard InChI is InChI=1S/C14H18ClN3O2.HI/c1-9(2)7-17-14(16)18-8-10-5-11(15)13-12(6-10)19-3-4-20-13;/h5-6H,1,3-4,7-8H2,2H3,(H3,16,17,18);1H. The van der Waals surface area contributed by atoms with Gasteiger partial charge in [-0.3, -0.25) is 0 Å². The second-order valence-electron chi connectivity index (χ2n) is 4.61. The van der Waals surface area contributed by atoms with E-state index < -0.39 is 0 Å². The number of rotatable bonds is 4. The highest BCUT2D eigenvalue weighted by molar-refractivity contribution is 14.0. The molecule has 1 aliphatic heterocycles. The van der Waals surface area contributed by atoms with Gasteiger partial charge in [-0.05, 0) is 24.6 Å². The molecule has 1 aliphatic rings. The van der Waals surface area contributed by atoms with Gasteiger partial charge in [0.05, 0.1) is 11.6 Å². The number of hydrogen-bond acceptors (Lipinski definition) is 3. The van der Waals surface area contributed by atoms with E-state index in [2.05, 4.69) is 16.9 Å². The number of halogens is 2. The largest absolute Gasteiger partial charge is 0.486 e. The fourth-order valence-electron chi connectivity index (χ4n) is 1.73. The number of aliphatic imine (C=N–C) groups is 1. The molecule has 7 heteroatoms. The molecule has 0 bridgehead atoms. The van der Waals surface area contributed by atoms with Gasteiger partial charge >= 0.3 is 0 Å². The van der Waals surface area contributed by atoms with Gasteiger partial charge in [0, 0.05) is 6.54 Å². The quantitative estimate of drug-likeness (QED) is 0.338. The predicted molar refractivity (Wildman–Crippen MR) is 96.0 cm³/mol. The van der Waals surface area contributed by atoms with Crippen molar-refractivity contribution in [2.75, 3.05) is 19.8 Å². The highest BCUT2D eigenvalue weighted by Crippen LogP contribution is 2.38. The number of nitrogens with one attached hydrogen (secondary N) is 1. The van der Waals surface area contributed by atoms with Crippen LogP contribution in [0.1, 0.15) is 12.5 Å². The molecule has 5 nitrogen and oxygen atoms in total. The smallest absolute Gasteiger partial charge is 0.189 e. The van der Waals surface area contributed by atoms with Crippen molar-refractivity contribution < 1.29 is 9.47 Å². The third-order valence-electron chi connectivity index (χ3n) is 2.66. The molecule has 1 aromatic carbocycles. The van der Waals surface area contributed by atoms with E-state index in [1.54, 1.807) is 0 Å². The molecular weight excluding hydrogens is 405 g/mol. The average molecular weight is 424 g/mol. The zero-order valence-corrected chi connectivity index (χ0v) is 14.9. The van der Waals surface area contributed by atoms with E-state index in [0.717, 1.165) is 11.1 Å². The summed E-state index contributed by atoms with van der Waals surface area (Å²) in [5.41, 5.74) is 7.66.